The van der Waals surface area contributed by atoms with Crippen LogP contribution < -0.4 is 20.0 Å². The zero-order valence-corrected chi connectivity index (χ0v) is 20.8. The maximum Gasteiger partial charge on any atom is 0.345 e. The molecule has 0 unspecified atom stereocenters. The molecule has 37 heavy (non-hydrogen) atoms. The van der Waals surface area contributed by atoms with Crippen LogP contribution in [0.5, 0.6) is 5.75 Å². The Bertz CT molecular complexity index is 1210. The van der Waals surface area contributed by atoms with Crippen molar-refractivity contribution < 1.29 is 19.0 Å². The van der Waals surface area contributed by atoms with Crippen molar-refractivity contribution in [3.05, 3.63) is 64.7 Å². The standard InChI is InChI=1S/C25H26ClN7O4/c26-21-4-2-1-3-20(21)22(34)37-19-7-5-18(6-8-19)17-27-31-23-28-24(32-9-13-35-14-10-32)30-25(29-23)33-11-15-36-16-12-33/h1-8,17H,9-16H2,(H,28,29,30,31)/b27-17-. The quantitative estimate of drug-likeness (QED) is 0.214. The lowest BCUT2D eigenvalue weighted by Crippen LogP contribution is -2.40. The Hall–Kier alpha value is -3.80. The molecule has 1 N–H and O–H groups in total. The van der Waals surface area contributed by atoms with E-state index >= 15 is 0 Å². The fourth-order valence-corrected chi connectivity index (χ4v) is 4.00. The van der Waals surface area contributed by atoms with E-state index in [9.17, 15) is 4.79 Å². The molecule has 0 atom stereocenters. The highest BCUT2D eigenvalue weighted by Crippen LogP contribution is 2.20. The fourth-order valence-electron chi connectivity index (χ4n) is 3.79. The van der Waals surface area contributed by atoms with Gasteiger partial charge in [0, 0.05) is 26.2 Å². The Kier molecular flexibility index (Phi) is 8.04. The summed E-state index contributed by atoms with van der Waals surface area (Å²) < 4.78 is 16.3. The van der Waals surface area contributed by atoms with Crippen molar-refractivity contribution in [3.8, 4) is 5.75 Å². The number of hydrazone groups is 1. The molecule has 2 fully saturated rings. The molecule has 0 amide bonds. The van der Waals surface area contributed by atoms with Gasteiger partial charge in [0.2, 0.25) is 17.8 Å². The van der Waals surface area contributed by atoms with E-state index in [4.69, 9.17) is 25.8 Å². The van der Waals surface area contributed by atoms with Crippen molar-refractivity contribution in [1.82, 2.24) is 15.0 Å². The SMILES string of the molecule is O=C(Oc1ccc(/C=N\Nc2nc(N3CCOCC3)nc(N3CCOCC3)n2)cc1)c1ccccc1Cl. The largest absolute Gasteiger partial charge is 0.423 e. The van der Waals surface area contributed by atoms with E-state index in [1.165, 1.54) is 0 Å². The number of halogens is 1. The summed E-state index contributed by atoms with van der Waals surface area (Å²) in [5, 5.41) is 4.64. The van der Waals surface area contributed by atoms with Crippen molar-refractivity contribution >= 4 is 41.6 Å². The number of morpholine rings is 2. The molecule has 1 aromatic heterocycles. The first kappa shape index (κ1) is 24.9. The van der Waals surface area contributed by atoms with E-state index in [-0.39, 0.29) is 0 Å². The monoisotopic (exact) mass is 523 g/mol. The zero-order chi connectivity index (χ0) is 25.5. The maximum absolute atomic E-state index is 12.3. The molecule has 12 heteroatoms. The van der Waals surface area contributed by atoms with E-state index in [0.717, 1.165) is 5.56 Å². The Morgan fingerprint density at radius 3 is 2.08 bits per heavy atom. The van der Waals surface area contributed by atoms with Gasteiger partial charge < -0.3 is 24.0 Å². The molecule has 0 saturated carbocycles. The number of benzene rings is 2. The van der Waals surface area contributed by atoms with Gasteiger partial charge in [0.15, 0.2) is 0 Å². The van der Waals surface area contributed by atoms with E-state index in [1.54, 1.807) is 54.7 Å². The number of carbonyl (C=O) groups excluding carboxylic acids is 1. The molecule has 2 aliphatic heterocycles. The number of aromatic nitrogens is 3. The summed E-state index contributed by atoms with van der Waals surface area (Å²) in [4.78, 5) is 30.3. The first-order valence-corrected chi connectivity index (χ1v) is 12.3. The summed E-state index contributed by atoms with van der Waals surface area (Å²) in [6.45, 7) is 5.36. The Labute approximate surface area is 219 Å². The highest BCUT2D eigenvalue weighted by Gasteiger charge is 2.20. The summed E-state index contributed by atoms with van der Waals surface area (Å²) in [5.41, 5.74) is 4.02. The van der Waals surface area contributed by atoms with Gasteiger partial charge in [-0.15, -0.1) is 0 Å². The van der Waals surface area contributed by atoms with Gasteiger partial charge in [-0.1, -0.05) is 23.7 Å². The number of nitrogens with zero attached hydrogens (tertiary/aromatic N) is 6. The third-order valence-electron chi connectivity index (χ3n) is 5.76. The minimum atomic E-state index is -0.518. The molecule has 2 aliphatic rings. The third-order valence-corrected chi connectivity index (χ3v) is 6.09. The molecule has 0 aliphatic carbocycles. The summed E-state index contributed by atoms with van der Waals surface area (Å²) in [7, 11) is 0. The number of hydrogen-bond acceptors (Lipinski definition) is 11. The lowest BCUT2D eigenvalue weighted by Gasteiger charge is -2.30. The van der Waals surface area contributed by atoms with Gasteiger partial charge in [-0.3, -0.25) is 0 Å². The van der Waals surface area contributed by atoms with Gasteiger partial charge >= 0.3 is 5.97 Å². The average molecular weight is 524 g/mol. The lowest BCUT2D eigenvalue weighted by atomic mass is 10.2. The predicted octanol–water partition coefficient (Wildman–Crippen LogP) is 2.86. The van der Waals surface area contributed by atoms with Crippen LogP contribution in [0.1, 0.15) is 15.9 Å². The molecular formula is C25H26ClN7O4. The second-order valence-electron chi connectivity index (χ2n) is 8.27. The topological polar surface area (TPSA) is 114 Å². The Balaban J connectivity index is 1.25. The third kappa shape index (κ3) is 6.50. The maximum atomic E-state index is 12.3. The second-order valence-corrected chi connectivity index (χ2v) is 8.67. The Morgan fingerprint density at radius 2 is 1.49 bits per heavy atom. The van der Waals surface area contributed by atoms with Crippen LogP contribution in [0, 0.1) is 0 Å². The van der Waals surface area contributed by atoms with Gasteiger partial charge in [-0.25, -0.2) is 10.2 Å². The highest BCUT2D eigenvalue weighted by molar-refractivity contribution is 6.33. The van der Waals surface area contributed by atoms with Gasteiger partial charge in [0.05, 0.1) is 43.2 Å². The number of carbonyl (C=O) groups is 1. The van der Waals surface area contributed by atoms with Crippen LogP contribution in [-0.2, 0) is 9.47 Å². The van der Waals surface area contributed by atoms with Crippen molar-refractivity contribution in [3.63, 3.8) is 0 Å². The number of rotatable bonds is 7. The highest BCUT2D eigenvalue weighted by atomic mass is 35.5. The molecule has 0 bridgehead atoms. The molecule has 0 radical (unpaired) electrons. The smallest absolute Gasteiger partial charge is 0.345 e. The van der Waals surface area contributed by atoms with Gasteiger partial charge in [-0.05, 0) is 42.0 Å². The second kappa shape index (κ2) is 12.0. The number of ether oxygens (including phenoxy) is 3. The van der Waals surface area contributed by atoms with E-state index in [2.05, 4.69) is 35.3 Å². The van der Waals surface area contributed by atoms with Crippen LogP contribution >= 0.6 is 11.6 Å². The van der Waals surface area contributed by atoms with Crippen LogP contribution in [0.4, 0.5) is 17.8 Å². The van der Waals surface area contributed by atoms with E-state index in [1.807, 2.05) is 0 Å². The van der Waals surface area contributed by atoms with Gasteiger partial charge in [-0.2, -0.15) is 20.1 Å². The minimum Gasteiger partial charge on any atom is -0.423 e. The van der Waals surface area contributed by atoms with Crippen LogP contribution in [0.3, 0.4) is 0 Å². The van der Waals surface area contributed by atoms with Crippen molar-refractivity contribution in [1.29, 1.82) is 0 Å². The zero-order valence-electron chi connectivity index (χ0n) is 20.0. The molecule has 0 spiro atoms. The van der Waals surface area contributed by atoms with Crippen molar-refractivity contribution in [2.45, 2.75) is 0 Å². The molecule has 192 valence electrons. The van der Waals surface area contributed by atoms with E-state index in [0.29, 0.717) is 86.8 Å². The first-order valence-electron chi connectivity index (χ1n) is 11.9. The average Bonchev–Trinajstić information content (AvgIpc) is 2.95. The molecule has 3 heterocycles. The predicted molar refractivity (Wildman–Crippen MR) is 140 cm³/mol. The Morgan fingerprint density at radius 1 is 0.892 bits per heavy atom. The van der Waals surface area contributed by atoms with Crippen LogP contribution in [-0.4, -0.2) is 79.7 Å². The molecule has 11 nitrogen and oxygen atoms in total. The normalized spacial score (nSPS) is 16.1. The van der Waals surface area contributed by atoms with Crippen LogP contribution in [0.2, 0.25) is 5.02 Å². The first-order chi connectivity index (χ1) is 18.2. The van der Waals surface area contributed by atoms with E-state index < -0.39 is 5.97 Å². The molecular weight excluding hydrogens is 498 g/mol. The van der Waals surface area contributed by atoms with Crippen LogP contribution in [0.25, 0.3) is 0 Å². The molecule has 2 saturated heterocycles. The van der Waals surface area contributed by atoms with Crippen molar-refractivity contribution in [2.24, 2.45) is 5.10 Å². The van der Waals surface area contributed by atoms with Gasteiger partial charge in [0.1, 0.15) is 5.75 Å². The minimum absolute atomic E-state index is 0.309. The molecule has 2 aromatic carbocycles. The number of nitrogens with one attached hydrogen (secondary N) is 1. The molecule has 3 aromatic rings. The van der Waals surface area contributed by atoms with Gasteiger partial charge in [0.25, 0.3) is 0 Å². The summed E-state index contributed by atoms with van der Waals surface area (Å²) >= 11 is 6.07. The fraction of sp³-hybridized carbons (Fsp3) is 0.320. The summed E-state index contributed by atoms with van der Waals surface area (Å²) in [6, 6.07) is 13.7. The number of anilines is 3. The van der Waals surface area contributed by atoms with Crippen molar-refractivity contribution in [2.75, 3.05) is 67.8 Å². The number of hydrogen-bond donors (Lipinski definition) is 1. The summed E-state index contributed by atoms with van der Waals surface area (Å²) in [5.74, 6) is 1.40. The summed E-state index contributed by atoms with van der Waals surface area (Å²) in [6.07, 6.45) is 1.63. The number of esters is 1. The lowest BCUT2D eigenvalue weighted by molar-refractivity contribution is 0.0735. The molecule has 5 rings (SSSR count). The van der Waals surface area contributed by atoms with Crippen LogP contribution in [0.15, 0.2) is 53.6 Å².